The van der Waals surface area contributed by atoms with Crippen LogP contribution in [0.2, 0.25) is 0 Å². The second kappa shape index (κ2) is 7.22. The fraction of sp³-hybridized carbons (Fsp3) is 0.389. The minimum absolute atomic E-state index is 0.233. The Balaban J connectivity index is 1.66. The molecule has 23 heavy (non-hydrogen) atoms. The fourth-order valence-corrected chi connectivity index (χ4v) is 2.75. The SMILES string of the molecule is Cc1ccc(NC(=O)c2ccc(N3CCCCCC3)nn2)cc1. The maximum Gasteiger partial charge on any atom is 0.276 e. The summed E-state index contributed by atoms with van der Waals surface area (Å²) < 4.78 is 0. The molecule has 0 bridgehead atoms. The number of aryl methyl sites for hydroxylation is 1. The summed E-state index contributed by atoms with van der Waals surface area (Å²) in [5, 5.41) is 11.2. The molecule has 1 saturated heterocycles. The van der Waals surface area contributed by atoms with Crippen molar-refractivity contribution >= 4 is 17.4 Å². The van der Waals surface area contributed by atoms with Crippen molar-refractivity contribution in [2.24, 2.45) is 0 Å². The van der Waals surface area contributed by atoms with Gasteiger partial charge in [0.25, 0.3) is 5.91 Å². The van der Waals surface area contributed by atoms with Gasteiger partial charge in [-0.3, -0.25) is 4.79 Å². The van der Waals surface area contributed by atoms with Crippen LogP contribution in [0.5, 0.6) is 0 Å². The molecule has 1 aliphatic rings. The van der Waals surface area contributed by atoms with Gasteiger partial charge in [-0.1, -0.05) is 30.5 Å². The van der Waals surface area contributed by atoms with E-state index in [9.17, 15) is 4.79 Å². The lowest BCUT2D eigenvalue weighted by molar-refractivity contribution is 0.102. The van der Waals surface area contributed by atoms with E-state index in [0.29, 0.717) is 5.69 Å². The monoisotopic (exact) mass is 310 g/mol. The highest BCUT2D eigenvalue weighted by Crippen LogP contribution is 2.17. The number of hydrogen-bond donors (Lipinski definition) is 1. The molecule has 1 aromatic carbocycles. The average molecular weight is 310 g/mol. The van der Waals surface area contributed by atoms with Crippen LogP contribution in [-0.4, -0.2) is 29.2 Å². The van der Waals surface area contributed by atoms with Crippen molar-refractivity contribution in [2.75, 3.05) is 23.3 Å². The molecule has 2 heterocycles. The van der Waals surface area contributed by atoms with Crippen molar-refractivity contribution < 1.29 is 4.79 Å². The smallest absolute Gasteiger partial charge is 0.276 e. The van der Waals surface area contributed by atoms with Gasteiger partial charge in [-0.2, -0.15) is 0 Å². The Labute approximate surface area is 136 Å². The third-order valence-corrected chi connectivity index (χ3v) is 4.12. The number of amides is 1. The summed E-state index contributed by atoms with van der Waals surface area (Å²) in [6.45, 7) is 4.05. The van der Waals surface area contributed by atoms with E-state index in [2.05, 4.69) is 20.4 Å². The van der Waals surface area contributed by atoms with E-state index >= 15 is 0 Å². The van der Waals surface area contributed by atoms with Crippen LogP contribution in [0.4, 0.5) is 11.5 Å². The molecular formula is C18H22N4O. The van der Waals surface area contributed by atoms with E-state index in [1.165, 1.54) is 25.7 Å². The van der Waals surface area contributed by atoms with Gasteiger partial charge >= 0.3 is 0 Å². The Morgan fingerprint density at radius 3 is 2.26 bits per heavy atom. The molecule has 0 saturated carbocycles. The van der Waals surface area contributed by atoms with E-state index < -0.39 is 0 Å². The quantitative estimate of drug-likeness (QED) is 0.943. The first-order chi connectivity index (χ1) is 11.2. The van der Waals surface area contributed by atoms with E-state index in [1.54, 1.807) is 6.07 Å². The normalized spacial score (nSPS) is 15.1. The lowest BCUT2D eigenvalue weighted by atomic mass is 10.2. The number of nitrogens with one attached hydrogen (secondary N) is 1. The predicted molar refractivity (Wildman–Crippen MR) is 91.8 cm³/mol. The molecular weight excluding hydrogens is 288 g/mol. The highest BCUT2D eigenvalue weighted by atomic mass is 16.1. The molecule has 0 aliphatic carbocycles. The van der Waals surface area contributed by atoms with Crippen LogP contribution in [-0.2, 0) is 0 Å². The Morgan fingerprint density at radius 2 is 1.65 bits per heavy atom. The molecule has 0 spiro atoms. The van der Waals surface area contributed by atoms with Gasteiger partial charge in [0.05, 0.1) is 0 Å². The molecule has 0 unspecified atom stereocenters. The van der Waals surface area contributed by atoms with Crippen LogP contribution >= 0.6 is 0 Å². The molecule has 2 aromatic rings. The lowest BCUT2D eigenvalue weighted by Crippen LogP contribution is -2.25. The molecule has 120 valence electrons. The molecule has 1 aromatic heterocycles. The van der Waals surface area contributed by atoms with Gasteiger partial charge in [0, 0.05) is 18.8 Å². The molecule has 1 amide bonds. The van der Waals surface area contributed by atoms with Crippen LogP contribution in [0.25, 0.3) is 0 Å². The van der Waals surface area contributed by atoms with Crippen molar-refractivity contribution in [1.82, 2.24) is 10.2 Å². The van der Waals surface area contributed by atoms with Crippen molar-refractivity contribution in [3.8, 4) is 0 Å². The second-order valence-corrected chi connectivity index (χ2v) is 6.00. The molecule has 1 N–H and O–H groups in total. The third kappa shape index (κ3) is 4.06. The highest BCUT2D eigenvalue weighted by Gasteiger charge is 2.13. The predicted octanol–water partition coefficient (Wildman–Crippen LogP) is 3.42. The standard InChI is InChI=1S/C18H22N4O/c1-14-6-8-15(9-7-14)19-18(23)16-10-11-17(21-20-16)22-12-4-2-3-5-13-22/h6-11H,2-5,12-13H2,1H3,(H,19,23). The second-order valence-electron chi connectivity index (χ2n) is 6.00. The number of anilines is 2. The zero-order valence-corrected chi connectivity index (χ0v) is 13.5. The number of nitrogens with zero attached hydrogens (tertiary/aromatic N) is 3. The van der Waals surface area contributed by atoms with Gasteiger partial charge in [-0.15, -0.1) is 10.2 Å². The molecule has 5 heteroatoms. The Morgan fingerprint density at radius 1 is 0.957 bits per heavy atom. The highest BCUT2D eigenvalue weighted by molar-refractivity contribution is 6.02. The first kappa shape index (κ1) is 15.5. The van der Waals surface area contributed by atoms with Gasteiger partial charge in [0.1, 0.15) is 0 Å². The average Bonchev–Trinajstić information content (AvgIpc) is 2.86. The Kier molecular flexibility index (Phi) is 4.86. The van der Waals surface area contributed by atoms with Crippen molar-refractivity contribution in [2.45, 2.75) is 32.6 Å². The van der Waals surface area contributed by atoms with Gasteiger partial charge in [0.2, 0.25) is 0 Å². The van der Waals surface area contributed by atoms with E-state index in [1.807, 2.05) is 37.3 Å². The topological polar surface area (TPSA) is 58.1 Å². The minimum Gasteiger partial charge on any atom is -0.355 e. The zero-order chi connectivity index (χ0) is 16.1. The lowest BCUT2D eigenvalue weighted by Gasteiger charge is -2.20. The van der Waals surface area contributed by atoms with Gasteiger partial charge in [-0.25, -0.2) is 0 Å². The Hall–Kier alpha value is -2.43. The summed E-state index contributed by atoms with van der Waals surface area (Å²) in [6.07, 6.45) is 4.94. The minimum atomic E-state index is -0.233. The first-order valence-electron chi connectivity index (χ1n) is 8.19. The number of hydrogen-bond acceptors (Lipinski definition) is 4. The Bertz CT molecular complexity index is 644. The number of aromatic nitrogens is 2. The molecule has 1 fully saturated rings. The van der Waals surface area contributed by atoms with Gasteiger partial charge < -0.3 is 10.2 Å². The number of carbonyl (C=O) groups excluding carboxylic acids is 1. The zero-order valence-electron chi connectivity index (χ0n) is 13.5. The van der Waals surface area contributed by atoms with Crippen LogP contribution in [0.3, 0.4) is 0 Å². The molecule has 0 radical (unpaired) electrons. The summed E-state index contributed by atoms with van der Waals surface area (Å²) in [5.41, 5.74) is 2.26. The third-order valence-electron chi connectivity index (χ3n) is 4.12. The maximum atomic E-state index is 12.2. The summed E-state index contributed by atoms with van der Waals surface area (Å²) in [4.78, 5) is 14.5. The van der Waals surface area contributed by atoms with Crippen LogP contribution in [0.15, 0.2) is 36.4 Å². The summed E-state index contributed by atoms with van der Waals surface area (Å²) in [5.74, 6) is 0.627. The fourth-order valence-electron chi connectivity index (χ4n) is 2.75. The molecule has 0 atom stereocenters. The largest absolute Gasteiger partial charge is 0.355 e. The molecule has 5 nitrogen and oxygen atoms in total. The van der Waals surface area contributed by atoms with E-state index in [0.717, 1.165) is 30.2 Å². The van der Waals surface area contributed by atoms with Crippen LogP contribution in [0, 0.1) is 6.92 Å². The summed E-state index contributed by atoms with van der Waals surface area (Å²) in [7, 11) is 0. The number of carbonyl (C=O) groups is 1. The van der Waals surface area contributed by atoms with Crippen molar-refractivity contribution in [3.63, 3.8) is 0 Å². The van der Waals surface area contributed by atoms with Crippen LogP contribution in [0.1, 0.15) is 41.7 Å². The summed E-state index contributed by atoms with van der Waals surface area (Å²) in [6, 6.07) is 11.3. The van der Waals surface area contributed by atoms with Gasteiger partial charge in [0.15, 0.2) is 11.5 Å². The first-order valence-corrected chi connectivity index (χ1v) is 8.19. The van der Waals surface area contributed by atoms with Gasteiger partial charge in [-0.05, 0) is 44.0 Å². The molecule has 3 rings (SSSR count). The number of benzene rings is 1. The number of rotatable bonds is 3. The van der Waals surface area contributed by atoms with Crippen molar-refractivity contribution in [3.05, 3.63) is 47.7 Å². The van der Waals surface area contributed by atoms with E-state index in [-0.39, 0.29) is 5.91 Å². The van der Waals surface area contributed by atoms with Crippen LogP contribution < -0.4 is 10.2 Å². The van der Waals surface area contributed by atoms with E-state index in [4.69, 9.17) is 0 Å². The molecule has 1 aliphatic heterocycles. The summed E-state index contributed by atoms with van der Waals surface area (Å²) >= 11 is 0. The van der Waals surface area contributed by atoms with Crippen molar-refractivity contribution in [1.29, 1.82) is 0 Å². The maximum absolute atomic E-state index is 12.2.